The van der Waals surface area contributed by atoms with Crippen LogP contribution in [0.3, 0.4) is 0 Å². The molecule has 1 fully saturated rings. The number of fused-ring (bicyclic) bond motifs is 1. The molecule has 0 unspecified atom stereocenters. The summed E-state index contributed by atoms with van der Waals surface area (Å²) in [4.78, 5) is 25.8. The first kappa shape index (κ1) is 16.4. The van der Waals surface area contributed by atoms with Gasteiger partial charge in [0.25, 0.3) is 5.91 Å². The van der Waals surface area contributed by atoms with Gasteiger partial charge >= 0.3 is 0 Å². The monoisotopic (exact) mass is 351 g/mol. The lowest BCUT2D eigenvalue weighted by Gasteiger charge is -2.34. The number of nitrogens with zero attached hydrogens (tertiary/aromatic N) is 4. The summed E-state index contributed by atoms with van der Waals surface area (Å²) in [5, 5.41) is 4.34. The van der Waals surface area contributed by atoms with E-state index in [0.29, 0.717) is 37.9 Å². The molecule has 1 aromatic carbocycles. The Labute approximate surface area is 151 Å². The van der Waals surface area contributed by atoms with Crippen LogP contribution >= 0.6 is 0 Å². The molecule has 1 amide bonds. The van der Waals surface area contributed by atoms with Gasteiger partial charge in [-0.15, -0.1) is 0 Å². The van der Waals surface area contributed by atoms with Crippen molar-refractivity contribution in [3.05, 3.63) is 48.4 Å². The van der Waals surface area contributed by atoms with Gasteiger partial charge in [0.1, 0.15) is 5.82 Å². The van der Waals surface area contributed by atoms with Crippen LogP contribution in [-0.4, -0.2) is 53.5 Å². The topological polar surface area (TPSA) is 74.5 Å². The number of nitrogens with one attached hydrogen (secondary N) is 1. The van der Waals surface area contributed by atoms with Crippen molar-refractivity contribution >= 4 is 28.6 Å². The summed E-state index contributed by atoms with van der Waals surface area (Å²) in [5.74, 6) is 1.86. The SMILES string of the molecule is CCNc1nc(N2CCN(C(=O)c3ccco3)CC2)nc2ccccc12. The summed E-state index contributed by atoms with van der Waals surface area (Å²) in [6.45, 7) is 5.46. The fraction of sp³-hybridized carbons (Fsp3) is 0.316. The summed E-state index contributed by atoms with van der Waals surface area (Å²) in [7, 11) is 0. The number of hydrogen-bond acceptors (Lipinski definition) is 6. The minimum absolute atomic E-state index is 0.0672. The Morgan fingerprint density at radius 3 is 2.65 bits per heavy atom. The standard InChI is InChI=1S/C19H21N5O2/c1-2-20-17-14-6-3-4-7-15(14)21-19(22-17)24-11-9-23(10-12-24)18(25)16-8-5-13-26-16/h3-8,13H,2,9-12H2,1H3,(H,20,21,22). The molecule has 3 aromatic rings. The third kappa shape index (κ3) is 3.08. The summed E-state index contributed by atoms with van der Waals surface area (Å²) < 4.78 is 5.21. The van der Waals surface area contributed by atoms with Crippen LogP contribution in [0.15, 0.2) is 47.1 Å². The van der Waals surface area contributed by atoms with Gasteiger partial charge in [-0.1, -0.05) is 12.1 Å². The number of amides is 1. The number of furan rings is 1. The molecule has 2 aromatic heterocycles. The second kappa shape index (κ2) is 7.03. The van der Waals surface area contributed by atoms with Crippen LogP contribution in [-0.2, 0) is 0 Å². The van der Waals surface area contributed by atoms with Crippen molar-refractivity contribution in [1.82, 2.24) is 14.9 Å². The highest BCUT2D eigenvalue weighted by molar-refractivity contribution is 5.92. The van der Waals surface area contributed by atoms with E-state index in [-0.39, 0.29) is 5.91 Å². The molecule has 0 aliphatic carbocycles. The third-order valence-corrected chi connectivity index (χ3v) is 4.52. The normalized spacial score (nSPS) is 14.7. The molecular weight excluding hydrogens is 330 g/mol. The quantitative estimate of drug-likeness (QED) is 0.779. The summed E-state index contributed by atoms with van der Waals surface area (Å²) in [5.41, 5.74) is 0.919. The van der Waals surface area contributed by atoms with Crippen molar-refractivity contribution in [2.45, 2.75) is 6.92 Å². The number of para-hydroxylation sites is 1. The number of piperazine rings is 1. The number of carbonyl (C=O) groups excluding carboxylic acids is 1. The second-order valence-corrected chi connectivity index (χ2v) is 6.18. The van der Waals surface area contributed by atoms with Crippen LogP contribution in [0.4, 0.5) is 11.8 Å². The van der Waals surface area contributed by atoms with Crippen LogP contribution in [0, 0.1) is 0 Å². The molecule has 1 saturated heterocycles. The molecule has 7 heteroatoms. The number of benzene rings is 1. The maximum atomic E-state index is 12.4. The van der Waals surface area contributed by atoms with Gasteiger partial charge in [0, 0.05) is 38.1 Å². The first-order chi connectivity index (χ1) is 12.8. The summed E-state index contributed by atoms with van der Waals surface area (Å²) in [6.07, 6.45) is 1.52. The number of rotatable bonds is 4. The number of anilines is 2. The minimum Gasteiger partial charge on any atom is -0.459 e. The third-order valence-electron chi connectivity index (χ3n) is 4.52. The summed E-state index contributed by atoms with van der Waals surface area (Å²) in [6, 6.07) is 11.4. The van der Waals surface area contributed by atoms with Crippen molar-refractivity contribution in [3.63, 3.8) is 0 Å². The fourth-order valence-electron chi connectivity index (χ4n) is 3.17. The van der Waals surface area contributed by atoms with Crippen molar-refractivity contribution < 1.29 is 9.21 Å². The molecule has 134 valence electrons. The molecule has 0 saturated carbocycles. The van der Waals surface area contributed by atoms with Gasteiger partial charge in [-0.3, -0.25) is 4.79 Å². The number of hydrogen-bond donors (Lipinski definition) is 1. The molecule has 1 aliphatic rings. The lowest BCUT2D eigenvalue weighted by atomic mass is 10.2. The Kier molecular flexibility index (Phi) is 4.43. The molecule has 0 radical (unpaired) electrons. The van der Waals surface area contributed by atoms with Crippen molar-refractivity contribution in [2.24, 2.45) is 0 Å². The van der Waals surface area contributed by atoms with Gasteiger partial charge in [0.05, 0.1) is 11.8 Å². The highest BCUT2D eigenvalue weighted by Gasteiger charge is 2.25. The zero-order valence-electron chi connectivity index (χ0n) is 14.7. The average Bonchev–Trinajstić information content (AvgIpc) is 3.22. The Morgan fingerprint density at radius 2 is 1.92 bits per heavy atom. The maximum Gasteiger partial charge on any atom is 0.289 e. The van der Waals surface area contributed by atoms with Gasteiger partial charge in [-0.25, -0.2) is 4.98 Å². The fourth-order valence-corrected chi connectivity index (χ4v) is 3.17. The molecule has 0 bridgehead atoms. The Balaban J connectivity index is 1.53. The average molecular weight is 351 g/mol. The Bertz CT molecular complexity index is 901. The van der Waals surface area contributed by atoms with E-state index in [1.165, 1.54) is 6.26 Å². The van der Waals surface area contributed by atoms with Crippen LogP contribution in [0.2, 0.25) is 0 Å². The van der Waals surface area contributed by atoms with Crippen LogP contribution in [0.5, 0.6) is 0 Å². The number of carbonyl (C=O) groups is 1. The molecular formula is C19H21N5O2. The minimum atomic E-state index is -0.0672. The molecule has 4 rings (SSSR count). The maximum absolute atomic E-state index is 12.4. The zero-order chi connectivity index (χ0) is 17.9. The summed E-state index contributed by atoms with van der Waals surface area (Å²) >= 11 is 0. The van der Waals surface area contributed by atoms with E-state index in [9.17, 15) is 4.79 Å². The molecule has 7 nitrogen and oxygen atoms in total. The van der Waals surface area contributed by atoms with Gasteiger partial charge in [0.2, 0.25) is 5.95 Å². The van der Waals surface area contributed by atoms with E-state index >= 15 is 0 Å². The molecule has 1 aliphatic heterocycles. The van der Waals surface area contributed by atoms with Gasteiger partial charge in [-0.2, -0.15) is 4.98 Å². The smallest absolute Gasteiger partial charge is 0.289 e. The van der Waals surface area contributed by atoms with Crippen molar-refractivity contribution in [3.8, 4) is 0 Å². The lowest BCUT2D eigenvalue weighted by Crippen LogP contribution is -2.49. The largest absolute Gasteiger partial charge is 0.459 e. The molecule has 3 heterocycles. The highest BCUT2D eigenvalue weighted by Crippen LogP contribution is 2.24. The first-order valence-electron chi connectivity index (χ1n) is 8.84. The van der Waals surface area contributed by atoms with Gasteiger partial charge < -0.3 is 19.5 Å². The van der Waals surface area contributed by atoms with E-state index in [1.54, 1.807) is 12.1 Å². The van der Waals surface area contributed by atoms with E-state index < -0.39 is 0 Å². The Hall–Kier alpha value is -3.09. The van der Waals surface area contributed by atoms with Crippen LogP contribution in [0.1, 0.15) is 17.5 Å². The first-order valence-corrected chi connectivity index (χ1v) is 8.84. The van der Waals surface area contributed by atoms with Crippen LogP contribution < -0.4 is 10.2 Å². The van der Waals surface area contributed by atoms with Crippen LogP contribution in [0.25, 0.3) is 10.9 Å². The molecule has 26 heavy (non-hydrogen) atoms. The predicted molar refractivity (Wildman–Crippen MR) is 101 cm³/mol. The van der Waals surface area contributed by atoms with E-state index in [4.69, 9.17) is 14.4 Å². The molecule has 0 atom stereocenters. The Morgan fingerprint density at radius 1 is 1.12 bits per heavy atom. The lowest BCUT2D eigenvalue weighted by molar-refractivity contribution is 0.0714. The highest BCUT2D eigenvalue weighted by atomic mass is 16.3. The molecule has 1 N–H and O–H groups in total. The van der Waals surface area contributed by atoms with E-state index in [0.717, 1.165) is 23.3 Å². The predicted octanol–water partition coefficient (Wildman–Crippen LogP) is 2.62. The van der Waals surface area contributed by atoms with Gasteiger partial charge in [-0.05, 0) is 31.2 Å². The zero-order valence-corrected chi connectivity index (χ0v) is 14.7. The van der Waals surface area contributed by atoms with Gasteiger partial charge in [0.15, 0.2) is 5.76 Å². The van der Waals surface area contributed by atoms with Crippen molar-refractivity contribution in [2.75, 3.05) is 42.9 Å². The van der Waals surface area contributed by atoms with E-state index in [2.05, 4.69) is 17.1 Å². The van der Waals surface area contributed by atoms with Crippen molar-refractivity contribution in [1.29, 1.82) is 0 Å². The van der Waals surface area contributed by atoms with E-state index in [1.807, 2.05) is 29.2 Å². The number of aromatic nitrogens is 2. The second-order valence-electron chi connectivity index (χ2n) is 6.18. The molecule has 0 spiro atoms.